The van der Waals surface area contributed by atoms with E-state index in [4.69, 9.17) is 0 Å². The van der Waals surface area contributed by atoms with Crippen molar-refractivity contribution in [1.82, 2.24) is 0 Å². The highest BCUT2D eigenvalue weighted by atomic mass is 14.4. The van der Waals surface area contributed by atoms with Crippen molar-refractivity contribution in [2.75, 3.05) is 0 Å². The van der Waals surface area contributed by atoms with Gasteiger partial charge in [-0.05, 0) is 23.7 Å². The van der Waals surface area contributed by atoms with E-state index in [2.05, 4.69) is 41.5 Å². The van der Waals surface area contributed by atoms with Crippen molar-refractivity contribution in [3.05, 3.63) is 5.92 Å². The molecule has 0 aliphatic carbocycles. The molecule has 1 radical (unpaired) electrons. The average Bonchev–Trinajstić information content (AvgIpc) is 2.04. The molecule has 0 atom stereocenters. The fraction of sp³-hybridized carbons (Fsp3) is 0.917. The minimum absolute atomic E-state index is 0.489. The zero-order valence-corrected chi connectivity index (χ0v) is 9.70. The Hall–Kier alpha value is 0. The molecule has 0 aromatic heterocycles. The van der Waals surface area contributed by atoms with Crippen molar-refractivity contribution >= 4 is 0 Å². The molecule has 0 N–H and O–H groups in total. The Morgan fingerprint density at radius 2 is 1.50 bits per heavy atom. The maximum Gasteiger partial charge on any atom is -0.0159 e. The molecule has 0 rings (SSSR count). The summed E-state index contributed by atoms with van der Waals surface area (Å²) in [5.41, 5.74) is 0.489. The van der Waals surface area contributed by atoms with Gasteiger partial charge in [0.15, 0.2) is 0 Å². The summed E-state index contributed by atoms with van der Waals surface area (Å²) >= 11 is 0. The standard InChI is InChI=1S/C12H25/c1-7-11(10(4)5)12(6,8-2)9-3/h10H,7-9H2,1-6H3. The van der Waals surface area contributed by atoms with Crippen LogP contribution in [0, 0.1) is 17.3 Å². The summed E-state index contributed by atoms with van der Waals surface area (Å²) in [4.78, 5) is 0. The van der Waals surface area contributed by atoms with Crippen molar-refractivity contribution in [3.63, 3.8) is 0 Å². The van der Waals surface area contributed by atoms with Gasteiger partial charge in [-0.3, -0.25) is 0 Å². The molecule has 0 spiro atoms. The quantitative estimate of drug-likeness (QED) is 0.570. The van der Waals surface area contributed by atoms with Gasteiger partial charge in [-0.2, -0.15) is 0 Å². The van der Waals surface area contributed by atoms with Gasteiger partial charge in [0.2, 0.25) is 0 Å². The van der Waals surface area contributed by atoms with Crippen LogP contribution >= 0.6 is 0 Å². The summed E-state index contributed by atoms with van der Waals surface area (Å²) in [6.07, 6.45) is 3.81. The second kappa shape index (κ2) is 4.89. The molecule has 0 aliphatic heterocycles. The summed E-state index contributed by atoms with van der Waals surface area (Å²) in [5, 5.41) is 0. The highest BCUT2D eigenvalue weighted by Crippen LogP contribution is 2.42. The summed E-state index contributed by atoms with van der Waals surface area (Å²) in [6, 6.07) is 0. The van der Waals surface area contributed by atoms with Gasteiger partial charge in [0.05, 0.1) is 0 Å². The van der Waals surface area contributed by atoms with E-state index in [1.54, 1.807) is 5.92 Å². The Bertz CT molecular complexity index is 109. The lowest BCUT2D eigenvalue weighted by atomic mass is 9.67. The van der Waals surface area contributed by atoms with E-state index in [1.807, 2.05) is 0 Å². The number of hydrogen-bond donors (Lipinski definition) is 0. The first-order chi connectivity index (χ1) is 5.51. The van der Waals surface area contributed by atoms with Gasteiger partial charge in [-0.25, -0.2) is 0 Å². The van der Waals surface area contributed by atoms with Crippen LogP contribution in [-0.4, -0.2) is 0 Å². The van der Waals surface area contributed by atoms with Gasteiger partial charge >= 0.3 is 0 Å². The van der Waals surface area contributed by atoms with Crippen LogP contribution in [0.1, 0.15) is 60.8 Å². The van der Waals surface area contributed by atoms with E-state index in [0.29, 0.717) is 5.41 Å². The number of hydrogen-bond acceptors (Lipinski definition) is 0. The zero-order valence-electron chi connectivity index (χ0n) is 9.70. The average molecular weight is 169 g/mol. The van der Waals surface area contributed by atoms with Crippen LogP contribution < -0.4 is 0 Å². The van der Waals surface area contributed by atoms with Gasteiger partial charge in [0.25, 0.3) is 0 Å². The molecular weight excluding hydrogens is 144 g/mol. The topological polar surface area (TPSA) is 0 Å². The predicted molar refractivity (Wildman–Crippen MR) is 57.1 cm³/mol. The van der Waals surface area contributed by atoms with Crippen LogP contribution in [0.15, 0.2) is 0 Å². The molecule has 0 saturated heterocycles. The molecule has 0 bridgehead atoms. The molecule has 73 valence electrons. The first kappa shape index (κ1) is 12.0. The van der Waals surface area contributed by atoms with Crippen LogP contribution in [0.3, 0.4) is 0 Å². The van der Waals surface area contributed by atoms with Crippen LogP contribution in [0.4, 0.5) is 0 Å². The molecule has 0 nitrogen and oxygen atoms in total. The first-order valence-electron chi connectivity index (χ1n) is 5.38. The Kier molecular flexibility index (Phi) is 4.89. The third-order valence-corrected chi connectivity index (χ3v) is 3.41. The molecule has 0 fully saturated rings. The SMILES string of the molecule is CC[C](C(C)C)C(C)(CC)CC. The lowest BCUT2D eigenvalue weighted by Crippen LogP contribution is -2.27. The van der Waals surface area contributed by atoms with E-state index >= 15 is 0 Å². The third-order valence-electron chi connectivity index (χ3n) is 3.41. The normalized spacial score (nSPS) is 13.0. The van der Waals surface area contributed by atoms with Crippen LogP contribution in [-0.2, 0) is 0 Å². The molecule has 0 heterocycles. The van der Waals surface area contributed by atoms with Crippen molar-refractivity contribution in [1.29, 1.82) is 0 Å². The molecular formula is C12H25. The van der Waals surface area contributed by atoms with Crippen molar-refractivity contribution < 1.29 is 0 Å². The molecule has 0 amide bonds. The molecule has 0 aromatic rings. The Balaban J connectivity index is 4.43. The fourth-order valence-electron chi connectivity index (χ4n) is 2.24. The van der Waals surface area contributed by atoms with Gasteiger partial charge in [0.1, 0.15) is 0 Å². The highest BCUT2D eigenvalue weighted by Gasteiger charge is 2.31. The minimum atomic E-state index is 0.489. The molecule has 0 saturated carbocycles. The lowest BCUT2D eigenvalue weighted by Gasteiger charge is -2.38. The summed E-state index contributed by atoms with van der Waals surface area (Å²) in [5.74, 6) is 2.49. The van der Waals surface area contributed by atoms with Crippen LogP contribution in [0.2, 0.25) is 0 Å². The maximum atomic E-state index is 2.41. The third kappa shape index (κ3) is 2.50. The summed E-state index contributed by atoms with van der Waals surface area (Å²) < 4.78 is 0. The summed E-state index contributed by atoms with van der Waals surface area (Å²) in [7, 11) is 0. The number of rotatable bonds is 5. The van der Waals surface area contributed by atoms with E-state index in [1.165, 1.54) is 19.3 Å². The van der Waals surface area contributed by atoms with E-state index < -0.39 is 0 Å². The van der Waals surface area contributed by atoms with Crippen LogP contribution in [0.25, 0.3) is 0 Å². The largest absolute Gasteiger partial charge is 0.0648 e. The first-order valence-corrected chi connectivity index (χ1v) is 5.38. The van der Waals surface area contributed by atoms with Crippen LogP contribution in [0.5, 0.6) is 0 Å². The maximum absolute atomic E-state index is 2.41. The Morgan fingerprint density at radius 1 is 1.08 bits per heavy atom. The summed E-state index contributed by atoms with van der Waals surface area (Å²) in [6.45, 7) is 14.0. The smallest absolute Gasteiger partial charge is 0.0159 e. The van der Waals surface area contributed by atoms with Crippen molar-refractivity contribution in [2.45, 2.75) is 60.8 Å². The Morgan fingerprint density at radius 3 is 1.58 bits per heavy atom. The van der Waals surface area contributed by atoms with Crippen molar-refractivity contribution in [3.8, 4) is 0 Å². The molecule has 0 unspecified atom stereocenters. The second-order valence-electron chi connectivity index (χ2n) is 4.30. The van der Waals surface area contributed by atoms with E-state index in [0.717, 1.165) is 5.92 Å². The van der Waals surface area contributed by atoms with Gasteiger partial charge in [-0.1, -0.05) is 54.4 Å². The molecule has 0 aromatic carbocycles. The fourth-order valence-corrected chi connectivity index (χ4v) is 2.24. The predicted octanol–water partition coefficient (Wildman–Crippen LogP) is 4.45. The van der Waals surface area contributed by atoms with E-state index in [9.17, 15) is 0 Å². The molecule has 0 heteroatoms. The van der Waals surface area contributed by atoms with Gasteiger partial charge in [-0.15, -0.1) is 0 Å². The second-order valence-corrected chi connectivity index (χ2v) is 4.30. The van der Waals surface area contributed by atoms with E-state index in [-0.39, 0.29) is 0 Å². The molecule has 0 aliphatic rings. The lowest BCUT2D eigenvalue weighted by molar-refractivity contribution is 0.264. The minimum Gasteiger partial charge on any atom is -0.0648 e. The van der Waals surface area contributed by atoms with Gasteiger partial charge in [0, 0.05) is 0 Å². The Labute approximate surface area is 78.8 Å². The van der Waals surface area contributed by atoms with Crippen molar-refractivity contribution in [2.24, 2.45) is 11.3 Å². The zero-order chi connectivity index (χ0) is 9.78. The van der Waals surface area contributed by atoms with Gasteiger partial charge < -0.3 is 0 Å². The molecule has 12 heavy (non-hydrogen) atoms. The highest BCUT2D eigenvalue weighted by molar-refractivity contribution is 5.05. The monoisotopic (exact) mass is 169 g/mol.